The first-order valence-corrected chi connectivity index (χ1v) is 6.85. The van der Waals surface area contributed by atoms with Gasteiger partial charge in [0.05, 0.1) is 6.54 Å². The summed E-state index contributed by atoms with van der Waals surface area (Å²) in [6.45, 7) is 11.4. The Kier molecular flexibility index (Phi) is 12.3. The summed E-state index contributed by atoms with van der Waals surface area (Å²) in [4.78, 5) is 4.57. The summed E-state index contributed by atoms with van der Waals surface area (Å²) in [7, 11) is 0. The van der Waals surface area contributed by atoms with E-state index in [1.807, 2.05) is 11.8 Å². The number of rotatable bonds is 6. The lowest BCUT2D eigenvalue weighted by atomic mass is 10.2. The van der Waals surface area contributed by atoms with Crippen LogP contribution in [0.25, 0.3) is 0 Å². The molecule has 0 aromatic carbocycles. The van der Waals surface area contributed by atoms with Crippen LogP contribution in [0.1, 0.15) is 34.1 Å². The van der Waals surface area contributed by atoms with Crippen molar-refractivity contribution in [1.29, 1.82) is 0 Å². The van der Waals surface area contributed by atoms with E-state index in [1.165, 1.54) is 0 Å². The van der Waals surface area contributed by atoms with Gasteiger partial charge in [0.15, 0.2) is 5.96 Å². The molecule has 16 heavy (non-hydrogen) atoms. The van der Waals surface area contributed by atoms with Crippen molar-refractivity contribution in [3.05, 3.63) is 0 Å². The summed E-state index contributed by atoms with van der Waals surface area (Å²) in [5.41, 5.74) is 0. The van der Waals surface area contributed by atoms with Gasteiger partial charge in [-0.15, -0.1) is 24.0 Å². The molecule has 0 rings (SSSR count). The van der Waals surface area contributed by atoms with Crippen molar-refractivity contribution < 1.29 is 0 Å². The quantitative estimate of drug-likeness (QED) is 0.435. The van der Waals surface area contributed by atoms with Gasteiger partial charge in [-0.3, -0.25) is 4.99 Å². The summed E-state index contributed by atoms with van der Waals surface area (Å²) in [6.07, 6.45) is 3.25. The molecule has 3 nitrogen and oxygen atoms in total. The highest BCUT2D eigenvalue weighted by atomic mass is 127. The molecule has 0 aliphatic rings. The molecule has 0 aliphatic carbocycles. The second kappa shape index (κ2) is 10.5. The van der Waals surface area contributed by atoms with Crippen LogP contribution in [0.3, 0.4) is 0 Å². The van der Waals surface area contributed by atoms with Crippen LogP contribution in [0.5, 0.6) is 0 Å². The van der Waals surface area contributed by atoms with Crippen molar-refractivity contribution >= 4 is 41.7 Å². The minimum absolute atomic E-state index is 0. The number of aliphatic imine (C=N–C) groups is 1. The van der Waals surface area contributed by atoms with E-state index in [0.717, 1.165) is 32.0 Å². The average Bonchev–Trinajstić information content (AvgIpc) is 2.22. The highest BCUT2D eigenvalue weighted by Gasteiger charge is 2.15. The SMILES string of the molecule is CCCNC(=NCC(C)(C)SC)NCC.I. The number of nitrogens with one attached hydrogen (secondary N) is 2. The van der Waals surface area contributed by atoms with Crippen LogP contribution in [-0.2, 0) is 0 Å². The van der Waals surface area contributed by atoms with Crippen LogP contribution in [0, 0.1) is 0 Å². The van der Waals surface area contributed by atoms with Crippen LogP contribution >= 0.6 is 35.7 Å². The van der Waals surface area contributed by atoms with Gasteiger partial charge in [-0.1, -0.05) is 6.92 Å². The molecule has 0 bridgehead atoms. The van der Waals surface area contributed by atoms with Crippen LogP contribution in [0.2, 0.25) is 0 Å². The van der Waals surface area contributed by atoms with E-state index in [2.05, 4.69) is 49.6 Å². The summed E-state index contributed by atoms with van der Waals surface area (Å²) in [5, 5.41) is 6.54. The van der Waals surface area contributed by atoms with Crippen LogP contribution in [0.15, 0.2) is 4.99 Å². The standard InChI is InChI=1S/C11H25N3S.HI/c1-6-8-13-10(12-7-2)14-9-11(3,4)15-5;/h6-9H2,1-5H3,(H2,12,13,14);1H. The molecular weight excluding hydrogens is 333 g/mol. The van der Waals surface area contributed by atoms with Crippen molar-refractivity contribution in [2.45, 2.75) is 38.9 Å². The smallest absolute Gasteiger partial charge is 0.191 e. The number of guanidine groups is 1. The molecule has 0 heterocycles. The largest absolute Gasteiger partial charge is 0.357 e. The Morgan fingerprint density at radius 1 is 1.25 bits per heavy atom. The van der Waals surface area contributed by atoms with Crippen LogP contribution in [-0.4, -0.2) is 36.6 Å². The fourth-order valence-electron chi connectivity index (χ4n) is 0.919. The summed E-state index contributed by atoms with van der Waals surface area (Å²) in [6, 6.07) is 0. The van der Waals surface area contributed by atoms with Gasteiger partial charge in [0.1, 0.15) is 0 Å². The fourth-order valence-corrected chi connectivity index (χ4v) is 1.11. The predicted molar refractivity (Wildman–Crippen MR) is 87.3 cm³/mol. The van der Waals surface area contributed by atoms with Gasteiger partial charge in [0.25, 0.3) is 0 Å². The zero-order valence-electron chi connectivity index (χ0n) is 11.1. The molecule has 2 N–H and O–H groups in total. The van der Waals surface area contributed by atoms with Crippen molar-refractivity contribution in [2.24, 2.45) is 4.99 Å². The van der Waals surface area contributed by atoms with Gasteiger partial charge in [-0.25, -0.2) is 0 Å². The molecule has 0 aliphatic heterocycles. The maximum atomic E-state index is 4.57. The number of hydrogen-bond acceptors (Lipinski definition) is 2. The first kappa shape index (κ1) is 18.7. The lowest BCUT2D eigenvalue weighted by Crippen LogP contribution is -2.38. The van der Waals surface area contributed by atoms with Gasteiger partial charge in [-0.05, 0) is 33.4 Å². The Morgan fingerprint density at radius 2 is 1.88 bits per heavy atom. The van der Waals surface area contributed by atoms with Crippen molar-refractivity contribution in [1.82, 2.24) is 10.6 Å². The third kappa shape index (κ3) is 9.57. The average molecular weight is 359 g/mol. The number of halogens is 1. The summed E-state index contributed by atoms with van der Waals surface area (Å²) < 4.78 is 0.217. The first-order chi connectivity index (χ1) is 7.05. The highest BCUT2D eigenvalue weighted by Crippen LogP contribution is 2.20. The van der Waals surface area contributed by atoms with Gasteiger partial charge in [0, 0.05) is 17.8 Å². The fraction of sp³-hybridized carbons (Fsp3) is 0.909. The normalized spacial score (nSPS) is 11.9. The molecular formula is C11H26IN3S. The molecule has 98 valence electrons. The molecule has 0 saturated carbocycles. The minimum Gasteiger partial charge on any atom is -0.357 e. The van der Waals surface area contributed by atoms with E-state index in [0.29, 0.717) is 0 Å². The number of nitrogens with zero attached hydrogens (tertiary/aromatic N) is 1. The van der Waals surface area contributed by atoms with Crippen LogP contribution in [0.4, 0.5) is 0 Å². The third-order valence-corrected chi connectivity index (χ3v) is 3.29. The Morgan fingerprint density at radius 3 is 2.31 bits per heavy atom. The van der Waals surface area contributed by atoms with E-state index in [1.54, 1.807) is 0 Å². The zero-order valence-corrected chi connectivity index (χ0v) is 14.2. The van der Waals surface area contributed by atoms with Gasteiger partial charge < -0.3 is 10.6 Å². The molecule has 0 amide bonds. The van der Waals surface area contributed by atoms with Gasteiger partial charge >= 0.3 is 0 Å². The Hall–Kier alpha value is 0.350. The molecule has 0 radical (unpaired) electrons. The van der Waals surface area contributed by atoms with Crippen molar-refractivity contribution in [2.75, 3.05) is 25.9 Å². The Labute approximate surface area is 122 Å². The van der Waals surface area contributed by atoms with Gasteiger partial charge in [0.2, 0.25) is 0 Å². The minimum atomic E-state index is 0. The van der Waals surface area contributed by atoms with E-state index >= 15 is 0 Å². The van der Waals surface area contributed by atoms with E-state index in [4.69, 9.17) is 0 Å². The monoisotopic (exact) mass is 359 g/mol. The second-order valence-corrected chi connectivity index (χ2v) is 5.60. The lowest BCUT2D eigenvalue weighted by Gasteiger charge is -2.20. The topological polar surface area (TPSA) is 36.4 Å². The van der Waals surface area contributed by atoms with E-state index in [-0.39, 0.29) is 28.7 Å². The van der Waals surface area contributed by atoms with E-state index in [9.17, 15) is 0 Å². The second-order valence-electron chi connectivity index (χ2n) is 4.09. The molecule has 0 saturated heterocycles. The molecule has 0 spiro atoms. The Bertz CT molecular complexity index is 196. The summed E-state index contributed by atoms with van der Waals surface area (Å²) >= 11 is 1.85. The first-order valence-electron chi connectivity index (χ1n) is 5.63. The summed E-state index contributed by atoms with van der Waals surface area (Å²) in [5.74, 6) is 0.932. The van der Waals surface area contributed by atoms with E-state index < -0.39 is 0 Å². The maximum Gasteiger partial charge on any atom is 0.191 e. The van der Waals surface area contributed by atoms with Gasteiger partial charge in [-0.2, -0.15) is 11.8 Å². The highest BCUT2D eigenvalue weighted by molar-refractivity contribution is 14.0. The molecule has 0 aromatic heterocycles. The molecule has 0 atom stereocenters. The molecule has 0 fully saturated rings. The lowest BCUT2D eigenvalue weighted by molar-refractivity contribution is 0.708. The molecule has 5 heteroatoms. The third-order valence-electron chi connectivity index (χ3n) is 2.06. The number of hydrogen-bond donors (Lipinski definition) is 2. The van der Waals surface area contributed by atoms with Crippen LogP contribution < -0.4 is 10.6 Å². The molecule has 0 aromatic rings. The Balaban J connectivity index is 0. The molecule has 0 unspecified atom stereocenters. The number of thioether (sulfide) groups is 1. The van der Waals surface area contributed by atoms with Crippen molar-refractivity contribution in [3.8, 4) is 0 Å². The zero-order chi connectivity index (χ0) is 11.7. The maximum absolute atomic E-state index is 4.57. The predicted octanol–water partition coefficient (Wildman–Crippen LogP) is 2.71. The van der Waals surface area contributed by atoms with Crippen molar-refractivity contribution in [3.63, 3.8) is 0 Å².